The van der Waals surface area contributed by atoms with Gasteiger partial charge in [-0.15, -0.1) is 0 Å². The standard InChI is InChI=1S/C25H27N3O5S/c1-18-3-6-21(17-24(18)34(30,31)27-20-7-11-23(32-2)12-8-20)26-25(29)19-4-9-22(10-5-19)28-13-15-33-16-14-28/h3-12,17,27H,13-16H2,1-2H3,(H,26,29). The van der Waals surface area contributed by atoms with Gasteiger partial charge < -0.3 is 19.7 Å². The van der Waals surface area contributed by atoms with Crippen LogP contribution < -0.4 is 19.7 Å². The molecule has 8 nitrogen and oxygen atoms in total. The Balaban J connectivity index is 1.48. The van der Waals surface area contributed by atoms with E-state index >= 15 is 0 Å². The molecule has 0 saturated carbocycles. The molecule has 0 aromatic heterocycles. The van der Waals surface area contributed by atoms with Crippen molar-refractivity contribution in [1.29, 1.82) is 0 Å². The number of aryl methyl sites for hydroxylation is 1. The van der Waals surface area contributed by atoms with Gasteiger partial charge in [0.25, 0.3) is 15.9 Å². The number of nitrogens with one attached hydrogen (secondary N) is 2. The summed E-state index contributed by atoms with van der Waals surface area (Å²) in [6, 6.07) is 18.7. The quantitative estimate of drug-likeness (QED) is 0.531. The van der Waals surface area contributed by atoms with E-state index in [-0.39, 0.29) is 10.8 Å². The molecule has 0 atom stereocenters. The number of amides is 1. The first-order chi connectivity index (χ1) is 16.4. The lowest BCUT2D eigenvalue weighted by Gasteiger charge is -2.28. The van der Waals surface area contributed by atoms with Crippen molar-refractivity contribution in [1.82, 2.24) is 0 Å². The molecule has 0 radical (unpaired) electrons. The summed E-state index contributed by atoms with van der Waals surface area (Å²) < 4.78 is 39.1. The van der Waals surface area contributed by atoms with Gasteiger partial charge in [-0.3, -0.25) is 9.52 Å². The molecule has 34 heavy (non-hydrogen) atoms. The van der Waals surface area contributed by atoms with Crippen molar-refractivity contribution in [3.8, 4) is 5.75 Å². The van der Waals surface area contributed by atoms with Gasteiger partial charge in [-0.25, -0.2) is 8.42 Å². The number of hydrogen-bond donors (Lipinski definition) is 2. The largest absolute Gasteiger partial charge is 0.497 e. The number of methoxy groups -OCH3 is 1. The first kappa shape index (κ1) is 23.6. The van der Waals surface area contributed by atoms with Crippen LogP contribution in [0.25, 0.3) is 0 Å². The van der Waals surface area contributed by atoms with Crippen LogP contribution in [0.5, 0.6) is 5.75 Å². The van der Waals surface area contributed by atoms with E-state index < -0.39 is 10.0 Å². The van der Waals surface area contributed by atoms with Crippen molar-refractivity contribution in [2.45, 2.75) is 11.8 Å². The molecule has 1 fully saturated rings. The second-order valence-electron chi connectivity index (χ2n) is 7.91. The smallest absolute Gasteiger partial charge is 0.262 e. The zero-order chi connectivity index (χ0) is 24.1. The lowest BCUT2D eigenvalue weighted by atomic mass is 10.1. The third-order valence-electron chi connectivity index (χ3n) is 5.58. The Morgan fingerprint density at radius 3 is 2.24 bits per heavy atom. The van der Waals surface area contributed by atoms with Crippen LogP contribution in [0.15, 0.2) is 71.6 Å². The number of hydrogen-bond acceptors (Lipinski definition) is 6. The van der Waals surface area contributed by atoms with E-state index in [1.54, 1.807) is 62.6 Å². The fraction of sp³-hybridized carbons (Fsp3) is 0.240. The second-order valence-corrected chi connectivity index (χ2v) is 9.57. The molecule has 178 valence electrons. The van der Waals surface area contributed by atoms with Gasteiger partial charge in [-0.05, 0) is 73.2 Å². The van der Waals surface area contributed by atoms with Crippen molar-refractivity contribution < 1.29 is 22.7 Å². The molecule has 1 heterocycles. The van der Waals surface area contributed by atoms with E-state index in [1.165, 1.54) is 6.07 Å². The van der Waals surface area contributed by atoms with Crippen LogP contribution in [0.4, 0.5) is 17.1 Å². The Morgan fingerprint density at radius 2 is 1.59 bits per heavy atom. The summed E-state index contributed by atoms with van der Waals surface area (Å²) in [4.78, 5) is 15.1. The van der Waals surface area contributed by atoms with E-state index in [1.807, 2.05) is 12.1 Å². The highest BCUT2D eigenvalue weighted by Gasteiger charge is 2.19. The Kier molecular flexibility index (Phi) is 7.04. The molecule has 1 saturated heterocycles. The van der Waals surface area contributed by atoms with Crippen molar-refractivity contribution in [2.24, 2.45) is 0 Å². The maximum Gasteiger partial charge on any atom is 0.262 e. The molecule has 0 bridgehead atoms. The van der Waals surface area contributed by atoms with Crippen molar-refractivity contribution in [2.75, 3.05) is 48.4 Å². The second kappa shape index (κ2) is 10.1. The van der Waals surface area contributed by atoms with Crippen LogP contribution in [0.1, 0.15) is 15.9 Å². The molecular formula is C25H27N3O5S. The summed E-state index contributed by atoms with van der Waals surface area (Å²) in [5.74, 6) is 0.311. The van der Waals surface area contributed by atoms with Crippen LogP contribution in [0, 0.1) is 6.92 Å². The van der Waals surface area contributed by atoms with Crippen LogP contribution in [0.3, 0.4) is 0 Å². The van der Waals surface area contributed by atoms with Gasteiger partial charge in [0.1, 0.15) is 5.75 Å². The fourth-order valence-corrected chi connectivity index (χ4v) is 5.02. The minimum Gasteiger partial charge on any atom is -0.497 e. The average molecular weight is 482 g/mol. The molecule has 4 rings (SSSR count). The normalized spacial score (nSPS) is 13.9. The number of sulfonamides is 1. The first-order valence-corrected chi connectivity index (χ1v) is 12.4. The topological polar surface area (TPSA) is 97.0 Å². The molecule has 1 aliphatic rings. The zero-order valence-corrected chi connectivity index (χ0v) is 19.9. The fourth-order valence-electron chi connectivity index (χ4n) is 3.68. The zero-order valence-electron chi connectivity index (χ0n) is 19.1. The summed E-state index contributed by atoms with van der Waals surface area (Å²) in [6.45, 7) is 4.72. The number of carbonyl (C=O) groups is 1. The van der Waals surface area contributed by atoms with Crippen LogP contribution in [-0.2, 0) is 14.8 Å². The van der Waals surface area contributed by atoms with Gasteiger partial charge in [0.15, 0.2) is 0 Å². The highest BCUT2D eigenvalue weighted by atomic mass is 32.2. The molecule has 1 amide bonds. The number of anilines is 3. The molecule has 3 aromatic rings. The monoisotopic (exact) mass is 481 g/mol. The Bertz CT molecular complexity index is 1250. The van der Waals surface area contributed by atoms with Gasteiger partial charge in [-0.2, -0.15) is 0 Å². The third-order valence-corrected chi connectivity index (χ3v) is 7.11. The molecule has 1 aliphatic heterocycles. The number of nitrogens with zero attached hydrogens (tertiary/aromatic N) is 1. The van der Waals surface area contributed by atoms with Crippen molar-refractivity contribution in [3.63, 3.8) is 0 Å². The van der Waals surface area contributed by atoms with Gasteiger partial charge in [0.2, 0.25) is 0 Å². The van der Waals surface area contributed by atoms with Crippen molar-refractivity contribution in [3.05, 3.63) is 77.9 Å². The lowest BCUT2D eigenvalue weighted by Crippen LogP contribution is -2.36. The predicted octanol–water partition coefficient (Wildman–Crippen LogP) is 3.89. The summed E-state index contributed by atoms with van der Waals surface area (Å²) >= 11 is 0. The molecule has 0 unspecified atom stereocenters. The molecule has 2 N–H and O–H groups in total. The first-order valence-electron chi connectivity index (χ1n) is 10.9. The summed E-state index contributed by atoms with van der Waals surface area (Å²) in [6.07, 6.45) is 0. The van der Waals surface area contributed by atoms with Crippen LogP contribution >= 0.6 is 0 Å². The minimum absolute atomic E-state index is 0.0868. The maximum absolute atomic E-state index is 13.0. The summed E-state index contributed by atoms with van der Waals surface area (Å²) in [7, 11) is -2.32. The molecular weight excluding hydrogens is 454 g/mol. The maximum atomic E-state index is 13.0. The number of benzene rings is 3. The van der Waals surface area contributed by atoms with Gasteiger partial charge in [0.05, 0.1) is 25.2 Å². The third kappa shape index (κ3) is 5.49. The number of ether oxygens (including phenoxy) is 2. The van der Waals surface area contributed by atoms with E-state index in [2.05, 4.69) is 14.9 Å². The van der Waals surface area contributed by atoms with E-state index in [0.29, 0.717) is 41.5 Å². The van der Waals surface area contributed by atoms with Gasteiger partial charge in [-0.1, -0.05) is 6.07 Å². The van der Waals surface area contributed by atoms with Crippen LogP contribution in [0.2, 0.25) is 0 Å². The molecule has 3 aromatic carbocycles. The average Bonchev–Trinajstić information content (AvgIpc) is 2.86. The molecule has 9 heteroatoms. The Morgan fingerprint density at radius 1 is 0.941 bits per heavy atom. The highest BCUT2D eigenvalue weighted by molar-refractivity contribution is 7.92. The predicted molar refractivity (Wildman–Crippen MR) is 132 cm³/mol. The van der Waals surface area contributed by atoms with Gasteiger partial charge >= 0.3 is 0 Å². The van der Waals surface area contributed by atoms with Gasteiger partial charge in [0, 0.05) is 35.7 Å². The lowest BCUT2D eigenvalue weighted by molar-refractivity contribution is 0.102. The summed E-state index contributed by atoms with van der Waals surface area (Å²) in [5, 5.41) is 2.79. The Hall–Kier alpha value is -3.56. The van der Waals surface area contributed by atoms with Crippen LogP contribution in [-0.4, -0.2) is 47.7 Å². The number of morpholine rings is 1. The van der Waals surface area contributed by atoms with E-state index in [0.717, 1.165) is 18.8 Å². The number of carbonyl (C=O) groups excluding carboxylic acids is 1. The van der Waals surface area contributed by atoms with E-state index in [4.69, 9.17) is 9.47 Å². The SMILES string of the molecule is COc1ccc(NS(=O)(=O)c2cc(NC(=O)c3ccc(N4CCOCC4)cc3)ccc2C)cc1. The van der Waals surface area contributed by atoms with E-state index in [9.17, 15) is 13.2 Å². The Labute approximate surface area is 199 Å². The summed E-state index contributed by atoms with van der Waals surface area (Å²) in [5.41, 5.74) is 2.89. The molecule has 0 aliphatic carbocycles. The number of rotatable bonds is 7. The molecule has 0 spiro atoms. The minimum atomic E-state index is -3.86. The highest BCUT2D eigenvalue weighted by Crippen LogP contribution is 2.25. The van der Waals surface area contributed by atoms with Crippen molar-refractivity contribution >= 4 is 33.0 Å².